The molecule has 0 bridgehead atoms. The number of aliphatic hydroxyl groups is 1. The fraction of sp³-hybridized carbons (Fsp3) is 0.571. The van der Waals surface area contributed by atoms with Gasteiger partial charge in [-0.15, -0.1) is 0 Å². The minimum Gasteiger partial charge on any atom is -0.384 e. The third-order valence-electron chi connectivity index (χ3n) is 3.19. The van der Waals surface area contributed by atoms with Crippen molar-refractivity contribution in [3.63, 3.8) is 0 Å². The molecule has 1 aromatic rings. The molecule has 0 radical (unpaired) electrons. The van der Waals surface area contributed by atoms with E-state index in [-0.39, 0.29) is 5.41 Å². The Morgan fingerprint density at radius 2 is 1.75 bits per heavy atom. The molecule has 1 nitrogen and oxygen atoms in total. The van der Waals surface area contributed by atoms with Crippen LogP contribution in [-0.2, 0) is 5.60 Å². The monoisotopic (exact) mass is 236 g/mol. The van der Waals surface area contributed by atoms with Crippen LogP contribution in [0, 0.1) is 12.3 Å². The van der Waals surface area contributed by atoms with Gasteiger partial charge in [0.15, 0.2) is 0 Å². The summed E-state index contributed by atoms with van der Waals surface area (Å²) in [6.07, 6.45) is 0.857. The predicted molar refractivity (Wildman–Crippen MR) is 70.8 cm³/mol. The van der Waals surface area contributed by atoms with E-state index in [2.05, 4.69) is 45.0 Å². The van der Waals surface area contributed by atoms with Gasteiger partial charge < -0.3 is 5.11 Å². The quantitative estimate of drug-likeness (QED) is 0.807. The van der Waals surface area contributed by atoms with Crippen LogP contribution in [0.5, 0.6) is 0 Å². The molecule has 1 heterocycles. The first-order chi connectivity index (χ1) is 7.41. The zero-order valence-electron chi connectivity index (χ0n) is 10.3. The molecule has 16 heavy (non-hydrogen) atoms. The van der Waals surface area contributed by atoms with Crippen LogP contribution in [0.15, 0.2) is 24.3 Å². The number of thioether (sulfide) groups is 1. The van der Waals surface area contributed by atoms with E-state index in [4.69, 9.17) is 0 Å². The van der Waals surface area contributed by atoms with E-state index in [0.29, 0.717) is 0 Å². The summed E-state index contributed by atoms with van der Waals surface area (Å²) in [5, 5.41) is 10.7. The Morgan fingerprint density at radius 3 is 2.31 bits per heavy atom. The SMILES string of the molecule is Cc1ccc(C2(O)CSCC(C)(C)C2)cc1. The van der Waals surface area contributed by atoms with Crippen molar-refractivity contribution in [3.05, 3.63) is 35.4 Å². The van der Waals surface area contributed by atoms with Gasteiger partial charge in [-0.1, -0.05) is 43.7 Å². The van der Waals surface area contributed by atoms with Crippen LogP contribution in [0.4, 0.5) is 0 Å². The zero-order valence-corrected chi connectivity index (χ0v) is 11.1. The number of hydrogen-bond acceptors (Lipinski definition) is 2. The summed E-state index contributed by atoms with van der Waals surface area (Å²) in [5.74, 6) is 1.96. The van der Waals surface area contributed by atoms with Gasteiger partial charge in [0.25, 0.3) is 0 Å². The standard InChI is InChI=1S/C14H20OS/c1-11-4-6-12(7-5-11)14(15)8-13(2,3)9-16-10-14/h4-7,15H,8-10H2,1-3H3. The summed E-state index contributed by atoms with van der Waals surface area (Å²) in [6.45, 7) is 6.55. The molecule has 1 saturated heterocycles. The van der Waals surface area contributed by atoms with E-state index in [9.17, 15) is 5.11 Å². The minimum absolute atomic E-state index is 0.225. The summed E-state index contributed by atoms with van der Waals surface area (Å²) in [6, 6.07) is 8.30. The molecule has 1 atom stereocenters. The smallest absolute Gasteiger partial charge is 0.0991 e. The molecule has 1 aliphatic rings. The third-order valence-corrected chi connectivity index (χ3v) is 4.86. The van der Waals surface area contributed by atoms with Crippen molar-refractivity contribution in [2.45, 2.75) is 32.8 Å². The summed E-state index contributed by atoms with van der Waals surface area (Å²) in [7, 11) is 0. The number of benzene rings is 1. The van der Waals surface area contributed by atoms with Gasteiger partial charge in [-0.2, -0.15) is 11.8 Å². The number of aryl methyl sites for hydroxylation is 1. The molecule has 0 aromatic heterocycles. The van der Waals surface area contributed by atoms with Gasteiger partial charge in [0.2, 0.25) is 0 Å². The lowest BCUT2D eigenvalue weighted by Gasteiger charge is -2.41. The Labute approximate surface area is 102 Å². The second kappa shape index (κ2) is 4.08. The second-order valence-electron chi connectivity index (χ2n) is 5.73. The molecule has 0 saturated carbocycles. The van der Waals surface area contributed by atoms with Crippen LogP contribution in [0.2, 0.25) is 0 Å². The second-order valence-corrected chi connectivity index (χ2v) is 6.72. The van der Waals surface area contributed by atoms with Crippen LogP contribution < -0.4 is 0 Å². The van der Waals surface area contributed by atoms with Gasteiger partial charge >= 0.3 is 0 Å². The molecule has 0 aliphatic carbocycles. The number of rotatable bonds is 1. The molecule has 1 aliphatic heterocycles. The Hall–Kier alpha value is -0.470. The van der Waals surface area contributed by atoms with Crippen LogP contribution in [0.25, 0.3) is 0 Å². The molecule has 88 valence electrons. The van der Waals surface area contributed by atoms with Crippen LogP contribution in [0.3, 0.4) is 0 Å². The molecular formula is C14H20OS. The molecule has 1 aromatic carbocycles. The number of hydrogen-bond donors (Lipinski definition) is 1. The lowest BCUT2D eigenvalue weighted by atomic mass is 9.78. The first kappa shape index (κ1) is 12.0. The maximum Gasteiger partial charge on any atom is 0.0991 e. The Bertz CT molecular complexity index is 369. The highest BCUT2D eigenvalue weighted by atomic mass is 32.2. The molecule has 0 spiro atoms. The van der Waals surface area contributed by atoms with Crippen molar-refractivity contribution < 1.29 is 5.11 Å². The summed E-state index contributed by atoms with van der Waals surface area (Å²) >= 11 is 1.86. The summed E-state index contributed by atoms with van der Waals surface area (Å²) in [5.41, 5.74) is 1.90. The van der Waals surface area contributed by atoms with Crippen molar-refractivity contribution >= 4 is 11.8 Å². The molecular weight excluding hydrogens is 216 g/mol. The van der Waals surface area contributed by atoms with E-state index in [1.54, 1.807) is 0 Å². The Balaban J connectivity index is 2.27. The van der Waals surface area contributed by atoms with E-state index in [0.717, 1.165) is 23.5 Å². The van der Waals surface area contributed by atoms with Crippen molar-refractivity contribution in [1.29, 1.82) is 0 Å². The van der Waals surface area contributed by atoms with E-state index in [1.807, 2.05) is 11.8 Å². The lowest BCUT2D eigenvalue weighted by Crippen LogP contribution is -2.40. The maximum absolute atomic E-state index is 10.7. The normalized spacial score (nSPS) is 29.0. The van der Waals surface area contributed by atoms with E-state index < -0.39 is 5.60 Å². The lowest BCUT2D eigenvalue weighted by molar-refractivity contribution is 0.0156. The van der Waals surface area contributed by atoms with Gasteiger partial charge in [-0.3, -0.25) is 0 Å². The molecule has 2 heteroatoms. The Kier molecular flexibility index (Phi) is 3.06. The van der Waals surface area contributed by atoms with E-state index in [1.165, 1.54) is 5.56 Å². The molecule has 1 fully saturated rings. The Morgan fingerprint density at radius 1 is 1.12 bits per heavy atom. The minimum atomic E-state index is -0.639. The predicted octanol–water partition coefficient (Wildman–Crippen LogP) is 3.35. The molecule has 0 amide bonds. The summed E-state index contributed by atoms with van der Waals surface area (Å²) in [4.78, 5) is 0. The molecule has 1 unspecified atom stereocenters. The van der Waals surface area contributed by atoms with Gasteiger partial charge in [-0.05, 0) is 30.1 Å². The topological polar surface area (TPSA) is 20.2 Å². The zero-order chi connectivity index (χ0) is 11.8. The fourth-order valence-corrected chi connectivity index (χ4v) is 3.80. The third kappa shape index (κ3) is 2.44. The van der Waals surface area contributed by atoms with Gasteiger partial charge in [0.05, 0.1) is 5.60 Å². The van der Waals surface area contributed by atoms with Crippen LogP contribution in [0.1, 0.15) is 31.4 Å². The highest BCUT2D eigenvalue weighted by molar-refractivity contribution is 7.99. The van der Waals surface area contributed by atoms with Crippen LogP contribution >= 0.6 is 11.8 Å². The van der Waals surface area contributed by atoms with Gasteiger partial charge in [-0.25, -0.2) is 0 Å². The van der Waals surface area contributed by atoms with Gasteiger partial charge in [0.1, 0.15) is 0 Å². The first-order valence-electron chi connectivity index (χ1n) is 5.79. The van der Waals surface area contributed by atoms with Crippen molar-refractivity contribution in [3.8, 4) is 0 Å². The largest absolute Gasteiger partial charge is 0.384 e. The van der Waals surface area contributed by atoms with Gasteiger partial charge in [0, 0.05) is 5.75 Å². The highest BCUT2D eigenvalue weighted by Crippen LogP contribution is 2.44. The van der Waals surface area contributed by atoms with E-state index >= 15 is 0 Å². The highest BCUT2D eigenvalue weighted by Gasteiger charge is 2.40. The van der Waals surface area contributed by atoms with Crippen molar-refractivity contribution in [1.82, 2.24) is 0 Å². The maximum atomic E-state index is 10.7. The fourth-order valence-electron chi connectivity index (χ4n) is 2.44. The van der Waals surface area contributed by atoms with Crippen LogP contribution in [-0.4, -0.2) is 16.6 Å². The van der Waals surface area contributed by atoms with Crippen molar-refractivity contribution in [2.75, 3.05) is 11.5 Å². The first-order valence-corrected chi connectivity index (χ1v) is 6.94. The average Bonchev–Trinajstić information content (AvgIpc) is 2.16. The molecule has 1 N–H and O–H groups in total. The summed E-state index contributed by atoms with van der Waals surface area (Å²) < 4.78 is 0. The average molecular weight is 236 g/mol. The molecule has 2 rings (SSSR count). The van der Waals surface area contributed by atoms with Crippen molar-refractivity contribution in [2.24, 2.45) is 5.41 Å².